The lowest BCUT2D eigenvalue weighted by atomic mass is 9.98. The zero-order valence-electron chi connectivity index (χ0n) is 34.5. The molecule has 2 aromatic rings. The topological polar surface area (TPSA) is 140 Å². The molecule has 0 saturated carbocycles. The van der Waals surface area contributed by atoms with Gasteiger partial charge in [-0.3, -0.25) is 0 Å². The normalized spacial score (nSPS) is 12.8. The maximum Gasteiger partial charge on any atom is 0.407 e. The first kappa shape index (κ1) is 48.6. The van der Waals surface area contributed by atoms with Crippen LogP contribution in [0.5, 0.6) is 0 Å². The Morgan fingerprint density at radius 1 is 0.509 bits per heavy atom. The number of carbonyl (C=O) groups excluding carboxylic acids is 1. The minimum Gasteiger partial charge on any atom is -0.449 e. The van der Waals surface area contributed by atoms with Crippen molar-refractivity contribution in [2.24, 2.45) is 5.92 Å². The van der Waals surface area contributed by atoms with Crippen molar-refractivity contribution >= 4 is 6.09 Å². The van der Waals surface area contributed by atoms with E-state index in [1.54, 1.807) is 0 Å². The van der Waals surface area contributed by atoms with Crippen molar-refractivity contribution < 1.29 is 61.6 Å². The molecule has 324 valence electrons. The molecule has 1 atom stereocenters. The molecule has 0 saturated heterocycles. The molecular formula is C43H69NO13. The smallest absolute Gasteiger partial charge is 0.407 e. The van der Waals surface area contributed by atoms with Gasteiger partial charge in [-0.05, 0) is 34.6 Å². The predicted octanol–water partition coefficient (Wildman–Crippen LogP) is 5.14. The highest BCUT2D eigenvalue weighted by molar-refractivity contribution is 5.79. The molecule has 1 unspecified atom stereocenters. The van der Waals surface area contributed by atoms with E-state index in [4.69, 9.17) is 56.8 Å². The molecule has 0 spiro atoms. The van der Waals surface area contributed by atoms with E-state index in [0.717, 1.165) is 13.0 Å². The highest BCUT2D eigenvalue weighted by atomic mass is 16.6. The Morgan fingerprint density at radius 2 is 0.842 bits per heavy atom. The average Bonchev–Trinajstić information content (AvgIpc) is 3.56. The number of fused-ring (bicyclic) bond motifs is 3. The van der Waals surface area contributed by atoms with Gasteiger partial charge >= 0.3 is 6.09 Å². The first-order chi connectivity index (χ1) is 28.2. The molecule has 2 aromatic carbocycles. The second-order valence-corrected chi connectivity index (χ2v) is 13.3. The zero-order valence-corrected chi connectivity index (χ0v) is 34.5. The highest BCUT2D eigenvalue weighted by Gasteiger charge is 2.28. The van der Waals surface area contributed by atoms with E-state index in [2.05, 4.69) is 43.4 Å². The number of benzene rings is 2. The van der Waals surface area contributed by atoms with Crippen LogP contribution in [-0.2, 0) is 56.8 Å². The molecule has 1 aliphatic rings. The van der Waals surface area contributed by atoms with E-state index < -0.39 is 6.09 Å². The number of amides is 1. The van der Waals surface area contributed by atoms with Gasteiger partial charge in [-0.25, -0.2) is 4.79 Å². The lowest BCUT2D eigenvalue weighted by Crippen LogP contribution is -2.27. The molecule has 57 heavy (non-hydrogen) atoms. The summed E-state index contributed by atoms with van der Waals surface area (Å²) >= 11 is 0. The molecule has 14 heteroatoms. The molecule has 1 aliphatic carbocycles. The lowest BCUT2D eigenvalue weighted by molar-refractivity contribution is -0.0278. The summed E-state index contributed by atoms with van der Waals surface area (Å²) in [5.41, 5.74) is 4.81. The van der Waals surface area contributed by atoms with Gasteiger partial charge in [-0.15, -0.1) is 0 Å². The monoisotopic (exact) mass is 807 g/mol. The van der Waals surface area contributed by atoms with Crippen molar-refractivity contribution in [3.05, 3.63) is 59.7 Å². The first-order valence-electron chi connectivity index (χ1n) is 20.6. The summed E-state index contributed by atoms with van der Waals surface area (Å²) in [5.74, 6) is 0.642. The third kappa shape index (κ3) is 23.5. The molecule has 0 aliphatic heterocycles. The number of nitrogens with one attached hydrogen (secondary N) is 1. The van der Waals surface area contributed by atoms with E-state index in [1.165, 1.54) is 22.3 Å². The summed E-state index contributed by atoms with van der Waals surface area (Å²) in [5, 5.41) is 2.81. The average molecular weight is 808 g/mol. The fraction of sp³-hybridized carbons (Fsp3) is 0.698. The van der Waals surface area contributed by atoms with Gasteiger partial charge in [0.25, 0.3) is 0 Å². The Hall–Kier alpha value is -2.73. The number of ether oxygens (including phenoxy) is 12. The van der Waals surface area contributed by atoms with Crippen molar-refractivity contribution in [2.75, 3.05) is 159 Å². The third-order valence-electron chi connectivity index (χ3n) is 8.90. The molecule has 0 aromatic heterocycles. The summed E-state index contributed by atoms with van der Waals surface area (Å²) in [6.45, 7) is 16.7. The van der Waals surface area contributed by atoms with Crippen LogP contribution in [0.15, 0.2) is 48.5 Å². The van der Waals surface area contributed by atoms with Gasteiger partial charge in [0.15, 0.2) is 0 Å². The Balaban J connectivity index is 0.934. The van der Waals surface area contributed by atoms with Gasteiger partial charge in [0.1, 0.15) is 6.61 Å². The molecule has 1 amide bonds. The Labute approximate surface area is 340 Å². The third-order valence-corrected chi connectivity index (χ3v) is 8.90. The largest absolute Gasteiger partial charge is 0.449 e. The summed E-state index contributed by atoms with van der Waals surface area (Å²) < 4.78 is 66.2. The number of carbonyl (C=O) groups is 1. The molecule has 1 N–H and O–H groups in total. The van der Waals surface area contributed by atoms with Crippen molar-refractivity contribution in [2.45, 2.75) is 32.6 Å². The molecule has 0 bridgehead atoms. The van der Waals surface area contributed by atoms with Gasteiger partial charge < -0.3 is 62.2 Å². The van der Waals surface area contributed by atoms with Crippen molar-refractivity contribution in [1.82, 2.24) is 5.32 Å². The maximum absolute atomic E-state index is 12.3. The number of alkyl carbamates (subject to hydrolysis) is 1. The van der Waals surface area contributed by atoms with Crippen LogP contribution in [0.4, 0.5) is 4.79 Å². The van der Waals surface area contributed by atoms with Gasteiger partial charge in [0, 0.05) is 25.7 Å². The quantitative estimate of drug-likeness (QED) is 0.0893. The molecular weight excluding hydrogens is 738 g/mol. The SMILES string of the molecule is CCC(C)COCCOCCOCCOCCOCCOCCOCCOCCOCCOCCOCCCNC(=O)OCC1c2ccccc2-c2ccccc21. The zero-order chi connectivity index (χ0) is 40.3. The van der Waals surface area contributed by atoms with E-state index in [-0.39, 0.29) is 5.92 Å². The predicted molar refractivity (Wildman–Crippen MR) is 216 cm³/mol. The number of hydrogen-bond acceptors (Lipinski definition) is 13. The number of hydrogen-bond donors (Lipinski definition) is 1. The van der Waals surface area contributed by atoms with Crippen molar-refractivity contribution in [3.63, 3.8) is 0 Å². The summed E-state index contributed by atoms with van der Waals surface area (Å²) in [7, 11) is 0. The Kier molecular flexibility index (Phi) is 29.2. The van der Waals surface area contributed by atoms with Gasteiger partial charge in [0.05, 0.1) is 132 Å². The van der Waals surface area contributed by atoms with Gasteiger partial charge in [0.2, 0.25) is 0 Å². The van der Waals surface area contributed by atoms with Crippen LogP contribution in [0.2, 0.25) is 0 Å². The van der Waals surface area contributed by atoms with Crippen molar-refractivity contribution in [3.8, 4) is 11.1 Å². The van der Waals surface area contributed by atoms with Crippen LogP contribution < -0.4 is 5.32 Å². The second-order valence-electron chi connectivity index (χ2n) is 13.3. The highest BCUT2D eigenvalue weighted by Crippen LogP contribution is 2.44. The van der Waals surface area contributed by atoms with Crippen LogP contribution in [0.3, 0.4) is 0 Å². The molecule has 3 rings (SSSR count). The molecule has 14 nitrogen and oxygen atoms in total. The van der Waals surface area contributed by atoms with E-state index >= 15 is 0 Å². The fourth-order valence-corrected chi connectivity index (χ4v) is 5.62. The maximum atomic E-state index is 12.3. The van der Waals surface area contributed by atoms with Crippen LogP contribution >= 0.6 is 0 Å². The number of rotatable bonds is 39. The van der Waals surface area contributed by atoms with Crippen molar-refractivity contribution in [1.29, 1.82) is 0 Å². The Bertz CT molecular complexity index is 1210. The van der Waals surface area contributed by atoms with Crippen LogP contribution in [0.25, 0.3) is 11.1 Å². The van der Waals surface area contributed by atoms with Crippen LogP contribution in [-0.4, -0.2) is 165 Å². The van der Waals surface area contributed by atoms with E-state index in [0.29, 0.717) is 164 Å². The summed E-state index contributed by atoms with van der Waals surface area (Å²) in [6, 6.07) is 16.6. The van der Waals surface area contributed by atoms with E-state index in [9.17, 15) is 4.79 Å². The summed E-state index contributed by atoms with van der Waals surface area (Å²) in [6.07, 6.45) is 1.40. The molecule has 0 heterocycles. The van der Waals surface area contributed by atoms with E-state index in [1.807, 2.05) is 24.3 Å². The summed E-state index contributed by atoms with van der Waals surface area (Å²) in [4.78, 5) is 12.3. The Morgan fingerprint density at radius 3 is 1.21 bits per heavy atom. The fourth-order valence-electron chi connectivity index (χ4n) is 5.62. The second kappa shape index (κ2) is 34.2. The molecule has 0 fully saturated rings. The lowest BCUT2D eigenvalue weighted by Gasteiger charge is -2.14. The van der Waals surface area contributed by atoms with Crippen LogP contribution in [0.1, 0.15) is 43.7 Å². The van der Waals surface area contributed by atoms with Gasteiger partial charge in [-0.2, -0.15) is 0 Å². The standard InChI is InChI=1S/C43H69NO13/c1-3-37(2)35-56-34-33-55-32-31-54-30-29-53-28-27-52-26-25-51-24-23-50-22-21-49-20-19-48-18-17-47-16-15-46-14-8-13-44-43(45)57-36-42-40-11-6-4-9-38(40)39-10-5-7-12-41(39)42/h4-7,9-12,37,42H,3,8,13-36H2,1-2H3,(H,44,45). The first-order valence-corrected chi connectivity index (χ1v) is 20.6. The van der Waals surface area contributed by atoms with Crippen LogP contribution in [0, 0.1) is 5.92 Å². The minimum atomic E-state index is -0.414. The molecule has 0 radical (unpaired) electrons. The minimum absolute atomic E-state index is 0.0496. The van der Waals surface area contributed by atoms with Gasteiger partial charge in [-0.1, -0.05) is 68.8 Å².